The van der Waals surface area contributed by atoms with Gasteiger partial charge in [-0.05, 0) is 19.4 Å². The second-order valence-corrected chi connectivity index (χ2v) is 5.09. The number of nitrogens with two attached hydrogens (primary N) is 1. The topological polar surface area (TPSA) is 75.3 Å². The van der Waals surface area contributed by atoms with Gasteiger partial charge in [0.1, 0.15) is 0 Å². The van der Waals surface area contributed by atoms with Gasteiger partial charge in [-0.3, -0.25) is 4.79 Å². The highest BCUT2D eigenvalue weighted by molar-refractivity contribution is 7.10. The minimum Gasteiger partial charge on any atom is -0.394 e. The summed E-state index contributed by atoms with van der Waals surface area (Å²) in [6.45, 7) is 4.72. The zero-order valence-electron chi connectivity index (χ0n) is 9.62. The molecule has 1 atom stereocenters. The maximum atomic E-state index is 10.9. The summed E-state index contributed by atoms with van der Waals surface area (Å²) in [5, 5.41) is 14.2. The van der Waals surface area contributed by atoms with Crippen LogP contribution in [-0.2, 0) is 6.54 Å². The van der Waals surface area contributed by atoms with Crippen molar-refractivity contribution >= 4 is 17.2 Å². The second kappa shape index (κ2) is 5.43. The van der Waals surface area contributed by atoms with Crippen molar-refractivity contribution in [2.24, 2.45) is 5.73 Å². The summed E-state index contributed by atoms with van der Waals surface area (Å²) >= 11 is 1.49. The molecule has 90 valence electrons. The van der Waals surface area contributed by atoms with Gasteiger partial charge in [0, 0.05) is 22.3 Å². The molecule has 4 nitrogen and oxygen atoms in total. The molecule has 0 bridgehead atoms. The summed E-state index contributed by atoms with van der Waals surface area (Å²) in [5.74, 6) is -0.400. The number of carbonyl (C=O) groups excluding carboxylic acids is 1. The third-order valence-electron chi connectivity index (χ3n) is 2.76. The summed E-state index contributed by atoms with van der Waals surface area (Å²) < 4.78 is 0. The largest absolute Gasteiger partial charge is 0.394 e. The molecule has 1 aromatic rings. The van der Waals surface area contributed by atoms with E-state index in [0.717, 1.165) is 11.3 Å². The zero-order valence-corrected chi connectivity index (χ0v) is 10.4. The van der Waals surface area contributed by atoms with Crippen LogP contribution in [0.3, 0.4) is 0 Å². The first kappa shape index (κ1) is 13.2. The van der Waals surface area contributed by atoms with E-state index in [1.165, 1.54) is 11.3 Å². The molecule has 1 amide bonds. The lowest BCUT2D eigenvalue weighted by Gasteiger charge is -2.26. The Balaban J connectivity index is 2.57. The van der Waals surface area contributed by atoms with Crippen LogP contribution in [0.5, 0.6) is 0 Å². The standard InChI is InChI=1S/C11H18N2O2S/c1-3-11(2,7-14)13-5-9-4-8(6-16-9)10(12)15/h4,6,13-14H,3,5,7H2,1-2H3,(H2,12,15). The molecule has 0 aliphatic carbocycles. The zero-order chi connectivity index (χ0) is 12.2. The van der Waals surface area contributed by atoms with Crippen LogP contribution in [0.4, 0.5) is 0 Å². The van der Waals surface area contributed by atoms with Gasteiger partial charge in [-0.1, -0.05) is 6.92 Å². The molecule has 0 saturated heterocycles. The number of amides is 1. The number of carbonyl (C=O) groups is 1. The van der Waals surface area contributed by atoms with Gasteiger partial charge in [0.15, 0.2) is 0 Å². The Morgan fingerprint density at radius 1 is 1.69 bits per heavy atom. The quantitative estimate of drug-likeness (QED) is 0.699. The number of rotatable bonds is 6. The maximum Gasteiger partial charge on any atom is 0.249 e. The minimum atomic E-state index is -0.400. The summed E-state index contributed by atoms with van der Waals surface area (Å²) in [4.78, 5) is 11.9. The van der Waals surface area contributed by atoms with Gasteiger partial charge in [0.2, 0.25) is 5.91 Å². The fourth-order valence-corrected chi connectivity index (χ4v) is 2.01. The molecule has 0 aliphatic heterocycles. The number of hydrogen-bond donors (Lipinski definition) is 3. The van der Waals surface area contributed by atoms with Gasteiger partial charge in [-0.2, -0.15) is 0 Å². The number of nitrogens with one attached hydrogen (secondary N) is 1. The van der Waals surface area contributed by atoms with E-state index in [0.29, 0.717) is 12.1 Å². The van der Waals surface area contributed by atoms with E-state index in [1.807, 2.05) is 13.8 Å². The van der Waals surface area contributed by atoms with E-state index < -0.39 is 5.91 Å². The van der Waals surface area contributed by atoms with Crippen molar-refractivity contribution in [2.45, 2.75) is 32.4 Å². The monoisotopic (exact) mass is 242 g/mol. The highest BCUT2D eigenvalue weighted by Gasteiger charge is 2.19. The first-order chi connectivity index (χ1) is 7.50. The molecule has 5 heteroatoms. The van der Waals surface area contributed by atoms with Gasteiger partial charge >= 0.3 is 0 Å². The van der Waals surface area contributed by atoms with Crippen LogP contribution in [0.25, 0.3) is 0 Å². The number of aliphatic hydroxyl groups excluding tert-OH is 1. The molecular formula is C11H18N2O2S. The third-order valence-corrected chi connectivity index (χ3v) is 3.69. The Bertz CT molecular complexity index is 359. The Morgan fingerprint density at radius 3 is 2.81 bits per heavy atom. The van der Waals surface area contributed by atoms with E-state index in [4.69, 9.17) is 5.73 Å². The predicted molar refractivity (Wildman–Crippen MR) is 65.5 cm³/mol. The molecule has 0 spiro atoms. The molecular weight excluding hydrogens is 224 g/mol. The van der Waals surface area contributed by atoms with Crippen molar-refractivity contribution < 1.29 is 9.90 Å². The molecule has 4 N–H and O–H groups in total. The van der Waals surface area contributed by atoms with Gasteiger partial charge in [0.05, 0.1) is 12.2 Å². The van der Waals surface area contributed by atoms with Crippen LogP contribution in [-0.4, -0.2) is 23.2 Å². The van der Waals surface area contributed by atoms with Crippen molar-refractivity contribution in [3.8, 4) is 0 Å². The fraction of sp³-hybridized carbons (Fsp3) is 0.545. The van der Waals surface area contributed by atoms with Crippen molar-refractivity contribution in [3.63, 3.8) is 0 Å². The molecule has 1 rings (SSSR count). The Hall–Kier alpha value is -0.910. The molecule has 1 aromatic heterocycles. The van der Waals surface area contributed by atoms with Crippen molar-refractivity contribution in [1.29, 1.82) is 0 Å². The van der Waals surface area contributed by atoms with E-state index >= 15 is 0 Å². The second-order valence-electron chi connectivity index (χ2n) is 4.09. The van der Waals surface area contributed by atoms with Crippen LogP contribution in [0.15, 0.2) is 11.4 Å². The van der Waals surface area contributed by atoms with Crippen molar-refractivity contribution in [3.05, 3.63) is 21.9 Å². The Kier molecular flexibility index (Phi) is 4.46. The number of thiophene rings is 1. The normalized spacial score (nSPS) is 14.7. The smallest absolute Gasteiger partial charge is 0.249 e. The molecule has 0 aromatic carbocycles. The van der Waals surface area contributed by atoms with Crippen LogP contribution in [0.2, 0.25) is 0 Å². The Morgan fingerprint density at radius 2 is 2.38 bits per heavy atom. The lowest BCUT2D eigenvalue weighted by molar-refractivity contribution is 0.100. The van der Waals surface area contributed by atoms with Gasteiger partial charge < -0.3 is 16.2 Å². The highest BCUT2D eigenvalue weighted by atomic mass is 32.1. The van der Waals surface area contributed by atoms with Gasteiger partial charge in [-0.15, -0.1) is 11.3 Å². The summed E-state index contributed by atoms with van der Waals surface area (Å²) in [5.41, 5.74) is 5.45. The summed E-state index contributed by atoms with van der Waals surface area (Å²) in [7, 11) is 0. The van der Waals surface area contributed by atoms with Crippen LogP contribution < -0.4 is 11.1 Å². The highest BCUT2D eigenvalue weighted by Crippen LogP contribution is 2.16. The lowest BCUT2D eigenvalue weighted by Crippen LogP contribution is -2.44. The van der Waals surface area contributed by atoms with Crippen molar-refractivity contribution in [2.75, 3.05) is 6.61 Å². The van der Waals surface area contributed by atoms with Crippen molar-refractivity contribution in [1.82, 2.24) is 5.32 Å². The maximum absolute atomic E-state index is 10.9. The molecule has 16 heavy (non-hydrogen) atoms. The predicted octanol–water partition coefficient (Wildman–Crippen LogP) is 1.10. The van der Waals surface area contributed by atoms with Crippen LogP contribution in [0, 0.1) is 0 Å². The SMILES string of the molecule is CCC(C)(CO)NCc1cc(C(N)=O)cs1. The first-order valence-electron chi connectivity index (χ1n) is 5.24. The summed E-state index contributed by atoms with van der Waals surface area (Å²) in [6.07, 6.45) is 0.845. The molecule has 1 unspecified atom stereocenters. The number of hydrogen-bond acceptors (Lipinski definition) is 4. The lowest BCUT2D eigenvalue weighted by atomic mass is 10.0. The number of primary amides is 1. The molecule has 1 heterocycles. The first-order valence-corrected chi connectivity index (χ1v) is 6.12. The van der Waals surface area contributed by atoms with E-state index in [-0.39, 0.29) is 12.1 Å². The average Bonchev–Trinajstić information content (AvgIpc) is 2.75. The summed E-state index contributed by atoms with van der Waals surface area (Å²) in [6, 6.07) is 1.79. The molecule has 0 saturated carbocycles. The molecule has 0 radical (unpaired) electrons. The van der Waals surface area contributed by atoms with Crippen LogP contribution in [0.1, 0.15) is 35.5 Å². The van der Waals surface area contributed by atoms with Gasteiger partial charge in [-0.25, -0.2) is 0 Å². The molecule has 0 fully saturated rings. The minimum absolute atomic E-state index is 0.0948. The fourth-order valence-electron chi connectivity index (χ4n) is 1.20. The van der Waals surface area contributed by atoms with E-state index in [2.05, 4.69) is 5.32 Å². The Labute approximate surface area is 99.5 Å². The van der Waals surface area contributed by atoms with E-state index in [9.17, 15) is 9.90 Å². The number of aliphatic hydroxyl groups is 1. The molecule has 0 aliphatic rings. The average molecular weight is 242 g/mol. The van der Waals surface area contributed by atoms with Crippen LogP contribution >= 0.6 is 11.3 Å². The van der Waals surface area contributed by atoms with E-state index in [1.54, 1.807) is 11.4 Å². The van der Waals surface area contributed by atoms with Gasteiger partial charge in [0.25, 0.3) is 0 Å². The third kappa shape index (κ3) is 3.30.